The number of rotatable bonds is 24. The van der Waals surface area contributed by atoms with E-state index in [1.807, 2.05) is 0 Å². The largest absolute Gasteiger partial charge is 0.480 e. The first kappa shape index (κ1) is 66.7. The van der Waals surface area contributed by atoms with Crippen LogP contribution in [-0.4, -0.2) is 317 Å². The van der Waals surface area contributed by atoms with Crippen molar-refractivity contribution in [3.63, 3.8) is 0 Å². The molecule has 5 heterocycles. The SMILES string of the molecule is CC(=O)N[C@H]1[C@H]([C@H](O)[C@H](O)COC(C)=O)O[C@@](O[C@@H]2[C@H](O)[C@@H](O)C(O[C@@H]3[C@H](O)[C@@H](O)C(O[C@H]4[C@H](O)[C@@H](NC(C)=O)C(O[C@@H]5[C@H](O)[C@@H](NC(C)=O)C(OC[C@H](N)C(=O)O)O[C@@H]5CO)O[C@@H]4CO)O[C@@H]3CO)O[C@@H]2CO)(C(=O)O)C[C@@H]1O. The van der Waals surface area contributed by atoms with E-state index < -0.39 is 247 Å². The number of aliphatic carboxylic acids is 2. The highest BCUT2D eigenvalue weighted by atomic mass is 16.8. The molecule has 0 aliphatic carbocycles. The van der Waals surface area contributed by atoms with Gasteiger partial charge in [0, 0.05) is 34.1 Å². The van der Waals surface area contributed by atoms with E-state index in [-0.39, 0.29) is 0 Å². The highest BCUT2D eigenvalue weighted by Gasteiger charge is 2.61. The summed E-state index contributed by atoms with van der Waals surface area (Å²) in [4.78, 5) is 72.4. The van der Waals surface area contributed by atoms with Crippen LogP contribution in [0.5, 0.6) is 0 Å². The third-order valence-corrected chi connectivity index (χ3v) is 13.5. The van der Waals surface area contributed by atoms with E-state index in [1.165, 1.54) is 0 Å². The van der Waals surface area contributed by atoms with Gasteiger partial charge in [0.1, 0.15) is 128 Å². The second kappa shape index (κ2) is 28.9. The van der Waals surface area contributed by atoms with Gasteiger partial charge >= 0.3 is 17.9 Å². The fourth-order valence-electron chi connectivity index (χ4n) is 9.55. The number of aliphatic hydroxyl groups excluding tert-OH is 13. The molecular weight excluding hydrogens is 1100 g/mol. The number of hydrogen-bond donors (Lipinski definition) is 19. The number of carboxylic acids is 2. The summed E-state index contributed by atoms with van der Waals surface area (Å²) in [5.41, 5.74) is 5.52. The first-order valence-electron chi connectivity index (χ1n) is 24.8. The number of amides is 3. The zero-order chi connectivity index (χ0) is 59.8. The van der Waals surface area contributed by atoms with Crippen LogP contribution in [0.15, 0.2) is 0 Å². The number of esters is 1. The van der Waals surface area contributed by atoms with Crippen molar-refractivity contribution < 1.29 is 157 Å². The van der Waals surface area contributed by atoms with Crippen molar-refractivity contribution in [2.24, 2.45) is 5.73 Å². The zero-order valence-electron chi connectivity index (χ0n) is 43.2. The molecule has 5 saturated heterocycles. The summed E-state index contributed by atoms with van der Waals surface area (Å²) in [5.74, 6) is -9.98. The van der Waals surface area contributed by atoms with Crippen LogP contribution in [0.4, 0.5) is 0 Å². The number of hydrogen-bond acceptors (Lipinski definition) is 31. The summed E-state index contributed by atoms with van der Waals surface area (Å²) in [5, 5.41) is 170. The van der Waals surface area contributed by atoms with E-state index >= 15 is 0 Å². The summed E-state index contributed by atoms with van der Waals surface area (Å²) < 4.78 is 61.9. The van der Waals surface area contributed by atoms with Gasteiger partial charge in [-0.3, -0.25) is 24.0 Å². The fraction of sp³-hybridized carbons (Fsp3) is 0.864. The number of carbonyl (C=O) groups is 6. The Labute approximate surface area is 453 Å². The molecule has 36 heteroatoms. The molecule has 27 atom stereocenters. The minimum atomic E-state index is -3.15. The number of ether oxygens (including phenoxy) is 11. The highest BCUT2D eigenvalue weighted by molar-refractivity contribution is 5.77. The van der Waals surface area contributed by atoms with Crippen molar-refractivity contribution in [2.45, 2.75) is 199 Å². The molecule has 460 valence electrons. The molecule has 0 spiro atoms. The zero-order valence-corrected chi connectivity index (χ0v) is 43.2. The number of carboxylic acid groups (broad SMARTS) is 2. The summed E-state index contributed by atoms with van der Waals surface area (Å²) in [7, 11) is 0. The van der Waals surface area contributed by atoms with Crippen LogP contribution in [0.2, 0.25) is 0 Å². The van der Waals surface area contributed by atoms with Crippen LogP contribution >= 0.6 is 0 Å². The normalized spacial score (nSPS) is 41.5. The Morgan fingerprint density at radius 3 is 1.40 bits per heavy atom. The lowest BCUT2D eigenvalue weighted by molar-refractivity contribution is -0.391. The number of carbonyl (C=O) groups excluding carboxylic acids is 4. The Morgan fingerprint density at radius 2 is 0.963 bits per heavy atom. The Bertz CT molecular complexity index is 2080. The van der Waals surface area contributed by atoms with Crippen molar-refractivity contribution in [2.75, 3.05) is 39.6 Å². The van der Waals surface area contributed by atoms with Gasteiger partial charge in [0.2, 0.25) is 17.7 Å². The van der Waals surface area contributed by atoms with Gasteiger partial charge in [-0.1, -0.05) is 0 Å². The smallest absolute Gasteiger partial charge is 0.364 e. The van der Waals surface area contributed by atoms with Crippen LogP contribution in [0.3, 0.4) is 0 Å². The molecule has 5 aliphatic rings. The van der Waals surface area contributed by atoms with E-state index in [2.05, 4.69) is 16.0 Å². The maximum Gasteiger partial charge on any atom is 0.364 e. The van der Waals surface area contributed by atoms with Gasteiger partial charge in [-0.05, 0) is 0 Å². The summed E-state index contributed by atoms with van der Waals surface area (Å²) in [6.45, 7) is -1.82. The van der Waals surface area contributed by atoms with Crippen molar-refractivity contribution in [3.8, 4) is 0 Å². The summed E-state index contributed by atoms with van der Waals surface area (Å²) >= 11 is 0. The summed E-state index contributed by atoms with van der Waals surface area (Å²) in [6.07, 6.45) is -45.1. The Kier molecular flexibility index (Phi) is 24.1. The maximum atomic E-state index is 13.0. The van der Waals surface area contributed by atoms with E-state index in [4.69, 9.17) is 57.8 Å². The second-order valence-electron chi connectivity index (χ2n) is 19.5. The second-order valence-corrected chi connectivity index (χ2v) is 19.5. The lowest BCUT2D eigenvalue weighted by atomic mass is 9.88. The lowest BCUT2D eigenvalue weighted by Gasteiger charge is -2.51. The predicted octanol–water partition coefficient (Wildman–Crippen LogP) is -12.3. The van der Waals surface area contributed by atoms with Crippen LogP contribution < -0.4 is 21.7 Å². The monoisotopic (exact) mass is 1170 g/mol. The first-order chi connectivity index (χ1) is 37.5. The van der Waals surface area contributed by atoms with Gasteiger partial charge in [-0.15, -0.1) is 0 Å². The molecule has 4 unspecified atom stereocenters. The lowest BCUT2D eigenvalue weighted by Crippen LogP contribution is -2.71. The molecule has 5 rings (SSSR count). The molecule has 0 aromatic carbocycles. The highest BCUT2D eigenvalue weighted by Crippen LogP contribution is 2.39. The number of aliphatic hydroxyl groups is 13. The van der Waals surface area contributed by atoms with Gasteiger partial charge in [-0.2, -0.15) is 0 Å². The van der Waals surface area contributed by atoms with Crippen molar-refractivity contribution in [1.82, 2.24) is 16.0 Å². The molecule has 0 radical (unpaired) electrons. The molecule has 5 fully saturated rings. The van der Waals surface area contributed by atoms with Gasteiger partial charge in [0.15, 0.2) is 25.2 Å². The topological polar surface area (TPSA) is 570 Å². The van der Waals surface area contributed by atoms with Crippen LogP contribution in [-0.2, 0) is 80.9 Å². The quantitative estimate of drug-likeness (QED) is 0.0399. The predicted molar refractivity (Wildman–Crippen MR) is 247 cm³/mol. The maximum absolute atomic E-state index is 13.0. The molecule has 3 amide bonds. The molecule has 36 nitrogen and oxygen atoms in total. The Balaban J connectivity index is 1.31. The fourth-order valence-corrected chi connectivity index (χ4v) is 9.55. The third-order valence-electron chi connectivity index (χ3n) is 13.5. The van der Waals surface area contributed by atoms with Crippen molar-refractivity contribution in [1.29, 1.82) is 0 Å². The molecule has 0 aromatic rings. The van der Waals surface area contributed by atoms with Crippen LogP contribution in [0.1, 0.15) is 34.1 Å². The van der Waals surface area contributed by atoms with Crippen LogP contribution in [0, 0.1) is 0 Å². The minimum absolute atomic E-state index is 0.692. The Morgan fingerprint density at radius 1 is 0.562 bits per heavy atom. The van der Waals surface area contributed by atoms with E-state index in [1.54, 1.807) is 0 Å². The Hall–Kier alpha value is -4.14. The van der Waals surface area contributed by atoms with E-state index in [0.717, 1.165) is 27.7 Å². The van der Waals surface area contributed by atoms with Gasteiger partial charge in [-0.25, -0.2) is 4.79 Å². The molecule has 20 N–H and O–H groups in total. The minimum Gasteiger partial charge on any atom is -0.480 e. The third kappa shape index (κ3) is 15.5. The van der Waals surface area contributed by atoms with E-state index in [0.29, 0.717) is 0 Å². The average Bonchev–Trinajstić information content (AvgIpc) is 3.39. The van der Waals surface area contributed by atoms with Crippen molar-refractivity contribution in [3.05, 3.63) is 0 Å². The number of nitrogens with one attached hydrogen (secondary N) is 3. The average molecular weight is 1170 g/mol. The van der Waals surface area contributed by atoms with Gasteiger partial charge in [0.25, 0.3) is 5.79 Å². The van der Waals surface area contributed by atoms with Crippen LogP contribution in [0.25, 0.3) is 0 Å². The van der Waals surface area contributed by atoms with Gasteiger partial charge in [0.05, 0.1) is 45.2 Å². The number of nitrogens with two attached hydrogens (primary N) is 1. The van der Waals surface area contributed by atoms with Crippen molar-refractivity contribution >= 4 is 35.6 Å². The molecule has 5 aliphatic heterocycles. The molecule has 80 heavy (non-hydrogen) atoms. The van der Waals surface area contributed by atoms with E-state index in [9.17, 15) is 105 Å². The standard InChI is InChI=1S/C44H72N4O32/c1-12(53)46-23-17(57)5-44(43(68)69,80-37(23)26(59)18(58)11-70-15(4)56)79-36-22(9-52)75-42(32(65)30(36)63)78-35-21(8-51)74-41(31(64)29(35)62)77-34-20(7-50)73-40(25(28(34)61)48-14(3)55)76-33-19(6-49)72-39(71-10-16(45)38(66)67)24(27(33)60)47-13(2)54/h16-37,39-42,49-52,57-65H,5-11,45H2,1-4H3,(H,46,53)(H,47,54)(H,48,55)(H,66,67)(H,68,69)/t16-,17-,18+,19+,20+,21+,22+,23+,24+,25+,26+,27+,28+,29+,30+,31+,32+,33-,34+,35-,36-,37+,39?,40?,41?,42?,44+/m0/s1. The van der Waals surface area contributed by atoms with Gasteiger partial charge < -0.3 is 150 Å². The molecular formula is C44H72N4O32. The first-order valence-corrected chi connectivity index (χ1v) is 24.8. The molecule has 0 bridgehead atoms. The summed E-state index contributed by atoms with van der Waals surface area (Å²) in [6, 6.07) is -6.53. The molecule has 0 saturated carbocycles. The molecule has 0 aromatic heterocycles.